The van der Waals surface area contributed by atoms with Gasteiger partial charge in [-0.3, -0.25) is 10.1 Å². The summed E-state index contributed by atoms with van der Waals surface area (Å²) in [5.74, 6) is -0.0570. The lowest BCUT2D eigenvalue weighted by atomic mass is 10.0. The van der Waals surface area contributed by atoms with Gasteiger partial charge in [-0.05, 0) is 34.9 Å². The highest BCUT2D eigenvalue weighted by molar-refractivity contribution is 5.92. The Balaban J connectivity index is 2.28. The molecule has 5 heteroatoms. The van der Waals surface area contributed by atoms with E-state index in [4.69, 9.17) is 5.11 Å². The van der Waals surface area contributed by atoms with Crippen LogP contribution in [0.25, 0.3) is 10.8 Å². The van der Waals surface area contributed by atoms with Crippen LogP contribution < -0.4 is 10.6 Å². The molecule has 0 aliphatic heterocycles. The minimum absolute atomic E-state index is 0.0570. The molecule has 5 nitrogen and oxygen atoms in total. The molecular weight excluding hydrogens is 256 g/mol. The molecule has 2 aromatic carbocycles. The molecule has 0 aliphatic rings. The predicted octanol–water partition coefficient (Wildman–Crippen LogP) is 2.61. The van der Waals surface area contributed by atoms with Crippen LogP contribution in [0.4, 0.5) is 10.5 Å². The van der Waals surface area contributed by atoms with Crippen LogP contribution >= 0.6 is 0 Å². The second-order valence-electron chi connectivity index (χ2n) is 4.52. The minimum atomic E-state index is -1.08. The van der Waals surface area contributed by atoms with Crippen molar-refractivity contribution >= 4 is 28.5 Å². The summed E-state index contributed by atoms with van der Waals surface area (Å²) in [6.07, 6.45) is -0.381. The molecular formula is C15H16N2O3. The van der Waals surface area contributed by atoms with Gasteiger partial charge in [0.25, 0.3) is 0 Å². The third kappa shape index (κ3) is 3.47. The van der Waals surface area contributed by atoms with E-state index >= 15 is 0 Å². The van der Waals surface area contributed by atoms with Crippen molar-refractivity contribution in [3.8, 4) is 0 Å². The molecule has 3 N–H and O–H groups in total. The quantitative estimate of drug-likeness (QED) is 0.800. The first kappa shape index (κ1) is 13.9. The summed E-state index contributed by atoms with van der Waals surface area (Å²) >= 11 is 0. The molecule has 104 valence electrons. The highest BCUT2D eigenvalue weighted by atomic mass is 16.4. The summed E-state index contributed by atoms with van der Waals surface area (Å²) < 4.78 is 0. The van der Waals surface area contributed by atoms with Gasteiger partial charge in [0.2, 0.25) is 5.91 Å². The van der Waals surface area contributed by atoms with Crippen LogP contribution in [0.15, 0.2) is 36.4 Å². The molecule has 2 rings (SSSR count). The minimum Gasteiger partial charge on any atom is -0.465 e. The fraction of sp³-hybridized carbons (Fsp3) is 0.200. The molecule has 0 saturated carbocycles. The van der Waals surface area contributed by atoms with Gasteiger partial charge < -0.3 is 10.4 Å². The summed E-state index contributed by atoms with van der Waals surface area (Å²) in [7, 11) is 0. The number of hydrogen-bond acceptors (Lipinski definition) is 2. The second-order valence-corrected chi connectivity index (χ2v) is 4.52. The van der Waals surface area contributed by atoms with E-state index in [2.05, 4.69) is 10.6 Å². The summed E-state index contributed by atoms with van der Waals surface area (Å²) in [6, 6.07) is 11.3. The van der Waals surface area contributed by atoms with E-state index in [-0.39, 0.29) is 5.91 Å². The number of carbonyl (C=O) groups is 2. The van der Waals surface area contributed by atoms with Crippen molar-refractivity contribution < 1.29 is 14.7 Å². The van der Waals surface area contributed by atoms with Gasteiger partial charge in [-0.25, -0.2) is 4.79 Å². The van der Waals surface area contributed by atoms with Gasteiger partial charge in [-0.2, -0.15) is 0 Å². The largest absolute Gasteiger partial charge is 0.465 e. The highest BCUT2D eigenvalue weighted by Crippen LogP contribution is 2.23. The van der Waals surface area contributed by atoms with E-state index in [0.717, 1.165) is 16.3 Å². The van der Waals surface area contributed by atoms with E-state index < -0.39 is 6.09 Å². The molecule has 0 radical (unpaired) electrons. The monoisotopic (exact) mass is 272 g/mol. The number of carboxylic acid groups (broad SMARTS) is 1. The third-order valence-electron chi connectivity index (χ3n) is 2.99. The molecule has 0 aromatic heterocycles. The van der Waals surface area contributed by atoms with Crippen LogP contribution in [-0.2, 0) is 11.2 Å². The molecule has 0 bridgehead atoms. The highest BCUT2D eigenvalue weighted by Gasteiger charge is 2.04. The summed E-state index contributed by atoms with van der Waals surface area (Å²) in [6.45, 7) is 2.04. The molecule has 0 saturated heterocycles. The summed E-state index contributed by atoms with van der Waals surface area (Å²) in [4.78, 5) is 21.6. The Kier molecular flexibility index (Phi) is 4.20. The van der Waals surface area contributed by atoms with Crippen molar-refractivity contribution in [3.05, 3.63) is 42.0 Å². The summed E-state index contributed by atoms with van der Waals surface area (Å²) in [5.41, 5.74) is 1.61. The van der Waals surface area contributed by atoms with Crippen LogP contribution in [0.2, 0.25) is 0 Å². The van der Waals surface area contributed by atoms with Gasteiger partial charge >= 0.3 is 6.09 Å². The molecule has 2 amide bonds. The number of benzene rings is 2. The average Bonchev–Trinajstić information content (AvgIpc) is 2.38. The van der Waals surface area contributed by atoms with Crippen molar-refractivity contribution in [3.63, 3.8) is 0 Å². The Hall–Kier alpha value is -2.56. The predicted molar refractivity (Wildman–Crippen MR) is 78.0 cm³/mol. The van der Waals surface area contributed by atoms with Gasteiger partial charge in [-0.1, -0.05) is 24.3 Å². The van der Waals surface area contributed by atoms with Gasteiger partial charge in [-0.15, -0.1) is 0 Å². The molecule has 0 unspecified atom stereocenters. The molecule has 0 fully saturated rings. The molecule has 2 aromatic rings. The van der Waals surface area contributed by atoms with Crippen LogP contribution in [-0.4, -0.2) is 23.7 Å². The van der Waals surface area contributed by atoms with Gasteiger partial charge in [0.1, 0.15) is 0 Å². The van der Waals surface area contributed by atoms with Crippen molar-refractivity contribution in [2.24, 2.45) is 0 Å². The normalized spacial score (nSPS) is 10.2. The maximum absolute atomic E-state index is 10.9. The Morgan fingerprint density at radius 1 is 1.20 bits per heavy atom. The van der Waals surface area contributed by atoms with Crippen LogP contribution in [0, 0.1) is 0 Å². The molecule has 0 atom stereocenters. The Morgan fingerprint density at radius 2 is 2.00 bits per heavy atom. The maximum Gasteiger partial charge on any atom is 0.409 e. The fourth-order valence-corrected chi connectivity index (χ4v) is 2.13. The number of rotatable bonds is 4. The van der Waals surface area contributed by atoms with E-state index in [9.17, 15) is 9.59 Å². The third-order valence-corrected chi connectivity index (χ3v) is 2.99. The van der Waals surface area contributed by atoms with E-state index in [1.807, 2.05) is 30.3 Å². The first-order valence-electron chi connectivity index (χ1n) is 6.32. The van der Waals surface area contributed by atoms with Gasteiger partial charge in [0.05, 0.1) is 0 Å². The topological polar surface area (TPSA) is 78.4 Å². The van der Waals surface area contributed by atoms with Crippen molar-refractivity contribution in [2.75, 3.05) is 11.9 Å². The molecule has 20 heavy (non-hydrogen) atoms. The van der Waals surface area contributed by atoms with Crippen molar-refractivity contribution in [2.45, 2.75) is 13.3 Å². The molecule has 0 aliphatic carbocycles. The van der Waals surface area contributed by atoms with E-state index in [1.54, 1.807) is 6.07 Å². The zero-order valence-corrected chi connectivity index (χ0v) is 11.1. The number of hydrogen-bond donors (Lipinski definition) is 3. The van der Waals surface area contributed by atoms with E-state index in [1.165, 1.54) is 6.92 Å². The van der Waals surface area contributed by atoms with Crippen molar-refractivity contribution in [1.82, 2.24) is 5.32 Å². The lowest BCUT2D eigenvalue weighted by Gasteiger charge is -2.09. The second kappa shape index (κ2) is 6.06. The van der Waals surface area contributed by atoms with Crippen LogP contribution in [0.1, 0.15) is 12.5 Å². The van der Waals surface area contributed by atoms with Gasteiger partial charge in [0.15, 0.2) is 0 Å². The molecule has 0 spiro atoms. The zero-order valence-electron chi connectivity index (χ0n) is 11.1. The number of anilines is 1. The van der Waals surface area contributed by atoms with Crippen molar-refractivity contribution in [1.29, 1.82) is 0 Å². The fourth-order valence-electron chi connectivity index (χ4n) is 2.13. The average molecular weight is 272 g/mol. The Bertz CT molecular complexity index is 653. The smallest absolute Gasteiger partial charge is 0.409 e. The number of nitrogens with one attached hydrogen (secondary N) is 2. The van der Waals surface area contributed by atoms with E-state index in [0.29, 0.717) is 18.7 Å². The first-order chi connectivity index (χ1) is 9.56. The first-order valence-corrected chi connectivity index (χ1v) is 6.32. The lowest BCUT2D eigenvalue weighted by Crippen LogP contribution is -2.22. The Labute approximate surface area is 116 Å². The summed E-state index contributed by atoms with van der Waals surface area (Å²) in [5, 5.41) is 15.9. The van der Waals surface area contributed by atoms with Gasteiger partial charge in [0, 0.05) is 19.2 Å². The molecule has 0 heterocycles. The zero-order chi connectivity index (χ0) is 14.5. The van der Waals surface area contributed by atoms with Crippen LogP contribution in [0.3, 0.4) is 0 Å². The van der Waals surface area contributed by atoms with Crippen LogP contribution in [0.5, 0.6) is 0 Å². The Morgan fingerprint density at radius 3 is 2.70 bits per heavy atom. The maximum atomic E-state index is 10.9. The number of fused-ring (bicyclic) bond motifs is 1. The SMILES string of the molecule is CC(=O)NCCc1cccc2ccc(NC(=O)O)cc12. The standard InChI is InChI=1S/C15H16N2O3/c1-10(18)16-8-7-12-4-2-3-11-5-6-13(9-14(11)12)17-15(19)20/h2-6,9,17H,7-8H2,1H3,(H,16,18)(H,19,20). The number of amides is 2. The lowest BCUT2D eigenvalue weighted by molar-refractivity contribution is -0.118. The number of carbonyl (C=O) groups excluding carboxylic acids is 1.